The van der Waals surface area contributed by atoms with Gasteiger partial charge in [0, 0.05) is 13.1 Å². The third-order valence-electron chi connectivity index (χ3n) is 3.09. The van der Waals surface area contributed by atoms with Gasteiger partial charge in [-0.15, -0.1) is 11.3 Å². The molecule has 0 aliphatic rings. The summed E-state index contributed by atoms with van der Waals surface area (Å²) in [6.45, 7) is 7.19. The number of anilines is 2. The van der Waals surface area contributed by atoms with E-state index in [1.54, 1.807) is 11.3 Å². The summed E-state index contributed by atoms with van der Waals surface area (Å²) in [5.74, 6) is 1.41. The summed E-state index contributed by atoms with van der Waals surface area (Å²) >= 11 is 1.59. The summed E-state index contributed by atoms with van der Waals surface area (Å²) in [5, 5.41) is 19.7. The van der Waals surface area contributed by atoms with Gasteiger partial charge in [-0.05, 0) is 31.7 Å². The zero-order valence-electron chi connectivity index (χ0n) is 12.2. The maximum atomic E-state index is 10.3. The molecule has 1 unspecified atom stereocenters. The molecule has 0 aliphatic carbocycles. The first-order valence-corrected chi connectivity index (χ1v) is 7.89. The molecule has 3 N–H and O–H groups in total. The van der Waals surface area contributed by atoms with Crippen LogP contribution in [0.25, 0.3) is 10.2 Å². The number of fused-ring (bicyclic) bond motifs is 1. The Balaban J connectivity index is 2.21. The van der Waals surface area contributed by atoms with Crippen LogP contribution in [-0.2, 0) is 0 Å². The van der Waals surface area contributed by atoms with Crippen LogP contribution in [0.15, 0.2) is 11.4 Å². The van der Waals surface area contributed by atoms with Crippen molar-refractivity contribution in [3.8, 4) is 0 Å². The lowest BCUT2D eigenvalue weighted by molar-refractivity contribution is 0.0636. The van der Waals surface area contributed by atoms with Crippen LogP contribution < -0.4 is 10.6 Å². The predicted molar refractivity (Wildman–Crippen MR) is 85.6 cm³/mol. The molecular formula is C14H22N4OS. The van der Waals surface area contributed by atoms with E-state index in [-0.39, 0.29) is 0 Å². The molecule has 0 fully saturated rings. The number of nitrogens with zero attached hydrogens (tertiary/aromatic N) is 2. The molecule has 20 heavy (non-hydrogen) atoms. The van der Waals surface area contributed by atoms with Crippen molar-refractivity contribution in [3.63, 3.8) is 0 Å². The standard InChI is InChI=1S/C14H22N4OS/c1-4-7-14(3,19)9-16-11-10-6-8-20-12(10)18-13(17-11)15-5-2/h6,8,19H,4-5,7,9H2,1-3H3,(H2,15,16,17,18). The van der Waals surface area contributed by atoms with Gasteiger partial charge >= 0.3 is 0 Å². The minimum absolute atomic E-state index is 0.481. The van der Waals surface area contributed by atoms with Crippen molar-refractivity contribution < 1.29 is 5.11 Å². The van der Waals surface area contributed by atoms with Crippen molar-refractivity contribution in [1.29, 1.82) is 0 Å². The fourth-order valence-corrected chi connectivity index (χ4v) is 2.89. The number of hydrogen-bond donors (Lipinski definition) is 3. The van der Waals surface area contributed by atoms with E-state index in [4.69, 9.17) is 0 Å². The van der Waals surface area contributed by atoms with Gasteiger partial charge in [0.1, 0.15) is 10.6 Å². The van der Waals surface area contributed by atoms with Crippen molar-refractivity contribution in [2.45, 2.75) is 39.2 Å². The lowest BCUT2D eigenvalue weighted by atomic mass is 10.0. The monoisotopic (exact) mass is 294 g/mol. The highest BCUT2D eigenvalue weighted by atomic mass is 32.1. The lowest BCUT2D eigenvalue weighted by Crippen LogP contribution is -2.33. The minimum atomic E-state index is -0.722. The Morgan fingerprint density at radius 3 is 2.80 bits per heavy atom. The van der Waals surface area contributed by atoms with Crippen molar-refractivity contribution >= 4 is 33.3 Å². The smallest absolute Gasteiger partial charge is 0.226 e. The number of hydrogen-bond acceptors (Lipinski definition) is 6. The minimum Gasteiger partial charge on any atom is -0.388 e. The topological polar surface area (TPSA) is 70.1 Å². The van der Waals surface area contributed by atoms with E-state index in [1.165, 1.54) is 0 Å². The summed E-state index contributed by atoms with van der Waals surface area (Å²) in [5.41, 5.74) is -0.722. The molecule has 0 bridgehead atoms. The number of aliphatic hydroxyl groups is 1. The molecule has 0 aliphatic heterocycles. The quantitative estimate of drug-likeness (QED) is 0.732. The molecule has 1 atom stereocenters. The van der Waals surface area contributed by atoms with E-state index in [1.807, 2.05) is 25.3 Å². The van der Waals surface area contributed by atoms with Crippen LogP contribution in [0.1, 0.15) is 33.6 Å². The number of aromatic nitrogens is 2. The third kappa shape index (κ3) is 3.58. The predicted octanol–water partition coefficient (Wildman–Crippen LogP) is 3.09. The Hall–Kier alpha value is -1.40. The maximum Gasteiger partial charge on any atom is 0.226 e. The van der Waals surface area contributed by atoms with Gasteiger partial charge in [0.05, 0.1) is 11.0 Å². The van der Waals surface area contributed by atoms with Gasteiger partial charge in [0.15, 0.2) is 0 Å². The Kier molecular flexibility index (Phi) is 4.77. The van der Waals surface area contributed by atoms with Crippen LogP contribution in [0.2, 0.25) is 0 Å². The van der Waals surface area contributed by atoms with Crippen LogP contribution in [0.5, 0.6) is 0 Å². The van der Waals surface area contributed by atoms with Gasteiger partial charge in [0.2, 0.25) is 5.95 Å². The second-order valence-corrected chi connectivity index (χ2v) is 6.06. The van der Waals surface area contributed by atoms with E-state index in [9.17, 15) is 5.11 Å². The average Bonchev–Trinajstić information content (AvgIpc) is 2.84. The van der Waals surface area contributed by atoms with Crippen LogP contribution in [-0.4, -0.2) is 33.8 Å². The zero-order chi connectivity index (χ0) is 14.6. The molecule has 0 radical (unpaired) electrons. The van der Waals surface area contributed by atoms with Crippen molar-refractivity contribution in [2.24, 2.45) is 0 Å². The summed E-state index contributed by atoms with van der Waals surface area (Å²) in [4.78, 5) is 9.90. The Morgan fingerprint density at radius 1 is 1.30 bits per heavy atom. The maximum absolute atomic E-state index is 10.3. The van der Waals surface area contributed by atoms with Gasteiger partial charge in [0.25, 0.3) is 0 Å². The highest BCUT2D eigenvalue weighted by Gasteiger charge is 2.19. The lowest BCUT2D eigenvalue weighted by Gasteiger charge is -2.23. The normalized spacial score (nSPS) is 14.2. The van der Waals surface area contributed by atoms with Gasteiger partial charge in [-0.3, -0.25) is 0 Å². The summed E-state index contributed by atoms with van der Waals surface area (Å²) in [6.07, 6.45) is 1.72. The molecule has 0 saturated heterocycles. The number of thiophene rings is 1. The number of rotatable bonds is 7. The molecule has 0 saturated carbocycles. The molecule has 0 amide bonds. The molecule has 110 valence electrons. The molecule has 5 nitrogen and oxygen atoms in total. The van der Waals surface area contributed by atoms with E-state index >= 15 is 0 Å². The fourth-order valence-electron chi connectivity index (χ4n) is 2.13. The first kappa shape index (κ1) is 15.0. The Labute approximate surface area is 123 Å². The highest BCUT2D eigenvalue weighted by Crippen LogP contribution is 2.27. The molecule has 2 aromatic rings. The third-order valence-corrected chi connectivity index (χ3v) is 3.89. The molecule has 2 rings (SSSR count). The molecule has 2 aromatic heterocycles. The highest BCUT2D eigenvalue weighted by molar-refractivity contribution is 7.16. The summed E-state index contributed by atoms with van der Waals surface area (Å²) in [7, 11) is 0. The summed E-state index contributed by atoms with van der Waals surface area (Å²) < 4.78 is 0. The van der Waals surface area contributed by atoms with Gasteiger partial charge in [-0.1, -0.05) is 13.3 Å². The molecule has 0 spiro atoms. The van der Waals surface area contributed by atoms with Gasteiger partial charge in [-0.2, -0.15) is 4.98 Å². The Morgan fingerprint density at radius 2 is 2.10 bits per heavy atom. The molecular weight excluding hydrogens is 272 g/mol. The van der Waals surface area contributed by atoms with Gasteiger partial charge in [-0.25, -0.2) is 4.98 Å². The average molecular weight is 294 g/mol. The second-order valence-electron chi connectivity index (χ2n) is 5.17. The van der Waals surface area contributed by atoms with Crippen LogP contribution in [0.3, 0.4) is 0 Å². The van der Waals surface area contributed by atoms with E-state index < -0.39 is 5.60 Å². The second kappa shape index (κ2) is 6.37. The van der Waals surface area contributed by atoms with E-state index in [2.05, 4.69) is 27.5 Å². The zero-order valence-corrected chi connectivity index (χ0v) is 13.0. The van der Waals surface area contributed by atoms with Crippen molar-refractivity contribution in [1.82, 2.24) is 9.97 Å². The molecule has 6 heteroatoms. The van der Waals surface area contributed by atoms with Crippen LogP contribution in [0.4, 0.5) is 11.8 Å². The first-order valence-electron chi connectivity index (χ1n) is 7.01. The first-order chi connectivity index (χ1) is 9.55. The van der Waals surface area contributed by atoms with E-state index in [0.717, 1.165) is 35.4 Å². The van der Waals surface area contributed by atoms with Crippen molar-refractivity contribution in [3.05, 3.63) is 11.4 Å². The largest absolute Gasteiger partial charge is 0.388 e. The molecule has 2 heterocycles. The van der Waals surface area contributed by atoms with Gasteiger partial charge < -0.3 is 15.7 Å². The van der Waals surface area contributed by atoms with Crippen molar-refractivity contribution in [2.75, 3.05) is 23.7 Å². The fraction of sp³-hybridized carbons (Fsp3) is 0.571. The SMILES string of the molecule is CCCC(C)(O)CNc1nc(NCC)nc2sccc12. The van der Waals surface area contributed by atoms with Crippen LogP contribution in [0, 0.1) is 0 Å². The number of nitrogens with one attached hydrogen (secondary N) is 2. The summed E-state index contributed by atoms with van der Waals surface area (Å²) in [6, 6.07) is 2.01. The Bertz CT molecular complexity index is 567. The van der Waals surface area contributed by atoms with E-state index in [0.29, 0.717) is 12.5 Å². The van der Waals surface area contributed by atoms with Crippen LogP contribution >= 0.6 is 11.3 Å². The molecule has 0 aromatic carbocycles.